The molecule has 0 aliphatic heterocycles. The first-order valence-electron chi connectivity index (χ1n) is 5.72. The number of rotatable bonds is 4. The molecule has 0 aliphatic carbocycles. The number of carboxylic acid groups (broad SMARTS) is 1. The Balaban J connectivity index is 2.71. The second kappa shape index (κ2) is 6.00. The fourth-order valence-corrected chi connectivity index (χ4v) is 1.39. The van der Waals surface area contributed by atoms with E-state index in [1.165, 1.54) is 12.5 Å². The lowest BCUT2D eigenvalue weighted by molar-refractivity contribution is -0.132. The van der Waals surface area contributed by atoms with Gasteiger partial charge in [0.25, 0.3) is 0 Å². The van der Waals surface area contributed by atoms with Crippen LogP contribution < -0.4 is 5.32 Å². The van der Waals surface area contributed by atoms with Gasteiger partial charge >= 0.3 is 5.97 Å². The van der Waals surface area contributed by atoms with E-state index in [-0.39, 0.29) is 5.57 Å². The predicted molar refractivity (Wildman–Crippen MR) is 70.6 cm³/mol. The number of hydrogen-bond donors (Lipinski definition) is 2. The Kier molecular flexibility index (Phi) is 4.66. The second-order valence-corrected chi connectivity index (χ2v) is 4.40. The molecule has 0 saturated heterocycles. The predicted octanol–water partition coefficient (Wildman–Crippen LogP) is 2.78. The van der Waals surface area contributed by atoms with Gasteiger partial charge in [0.05, 0.1) is 0 Å². The van der Waals surface area contributed by atoms with Gasteiger partial charge in [-0.1, -0.05) is 26.0 Å². The van der Waals surface area contributed by atoms with Crippen molar-refractivity contribution in [1.29, 1.82) is 0 Å². The summed E-state index contributed by atoms with van der Waals surface area (Å²) < 4.78 is 0. The molecule has 1 rings (SSSR count). The maximum Gasteiger partial charge on any atom is 0.331 e. The quantitative estimate of drug-likeness (QED) is 0.804. The molecule has 0 saturated carbocycles. The van der Waals surface area contributed by atoms with Crippen molar-refractivity contribution >= 4 is 17.6 Å². The van der Waals surface area contributed by atoms with E-state index in [0.29, 0.717) is 11.6 Å². The molecule has 0 heterocycles. The number of carbonyl (C=O) groups excluding carboxylic acids is 1. The fraction of sp³-hybridized carbons (Fsp3) is 0.286. The van der Waals surface area contributed by atoms with Crippen molar-refractivity contribution < 1.29 is 14.7 Å². The normalized spacial score (nSPS) is 11.4. The number of carbonyl (C=O) groups is 2. The monoisotopic (exact) mass is 247 g/mol. The summed E-state index contributed by atoms with van der Waals surface area (Å²) in [5, 5.41) is 11.3. The van der Waals surface area contributed by atoms with Crippen molar-refractivity contribution in [2.24, 2.45) is 0 Å². The fourth-order valence-electron chi connectivity index (χ4n) is 1.39. The molecule has 0 fully saturated rings. The highest BCUT2D eigenvalue weighted by atomic mass is 16.4. The molecule has 0 aliphatic rings. The molecular formula is C14H17NO3. The molecule has 0 radical (unpaired) electrons. The molecule has 0 unspecified atom stereocenters. The molecular weight excluding hydrogens is 230 g/mol. The zero-order chi connectivity index (χ0) is 13.7. The highest BCUT2D eigenvalue weighted by molar-refractivity contribution is 6.04. The lowest BCUT2D eigenvalue weighted by Crippen LogP contribution is -2.10. The Morgan fingerprint density at radius 2 is 1.78 bits per heavy atom. The van der Waals surface area contributed by atoms with Crippen molar-refractivity contribution in [1.82, 2.24) is 0 Å². The lowest BCUT2D eigenvalue weighted by Gasteiger charge is -2.07. The summed E-state index contributed by atoms with van der Waals surface area (Å²) >= 11 is 0. The van der Waals surface area contributed by atoms with E-state index in [0.717, 1.165) is 6.08 Å². The van der Waals surface area contributed by atoms with Gasteiger partial charge in [0, 0.05) is 17.3 Å². The molecule has 4 heteroatoms. The Morgan fingerprint density at radius 3 is 2.22 bits per heavy atom. The van der Waals surface area contributed by atoms with Crippen LogP contribution in [0.5, 0.6) is 0 Å². The second-order valence-electron chi connectivity index (χ2n) is 4.40. The van der Waals surface area contributed by atoms with Crippen LogP contribution in [0.2, 0.25) is 0 Å². The van der Waals surface area contributed by atoms with Crippen LogP contribution in [0.15, 0.2) is 35.9 Å². The van der Waals surface area contributed by atoms with Crippen molar-refractivity contribution in [2.45, 2.75) is 26.7 Å². The zero-order valence-electron chi connectivity index (χ0n) is 10.7. The summed E-state index contributed by atoms with van der Waals surface area (Å²) in [5.74, 6) is -1.10. The Hall–Kier alpha value is -2.10. The van der Waals surface area contributed by atoms with Crippen molar-refractivity contribution in [3.05, 3.63) is 41.5 Å². The number of carboxylic acids is 1. The smallest absolute Gasteiger partial charge is 0.331 e. The van der Waals surface area contributed by atoms with E-state index < -0.39 is 11.9 Å². The van der Waals surface area contributed by atoms with Gasteiger partial charge in [-0.05, 0) is 30.5 Å². The molecule has 0 atom stereocenters. The van der Waals surface area contributed by atoms with E-state index in [1.807, 2.05) is 12.1 Å². The number of hydrogen-bond acceptors (Lipinski definition) is 2. The van der Waals surface area contributed by atoms with E-state index >= 15 is 0 Å². The molecule has 1 aromatic rings. The largest absolute Gasteiger partial charge is 0.478 e. The highest BCUT2D eigenvalue weighted by Crippen LogP contribution is 2.17. The molecule has 1 amide bonds. The minimum absolute atomic E-state index is 0.00583. The number of benzene rings is 1. The van der Waals surface area contributed by atoms with Gasteiger partial charge in [-0.2, -0.15) is 0 Å². The van der Waals surface area contributed by atoms with Crippen LogP contribution in [0, 0.1) is 0 Å². The van der Waals surface area contributed by atoms with Crippen LogP contribution in [-0.4, -0.2) is 17.0 Å². The first kappa shape index (κ1) is 14.0. The van der Waals surface area contributed by atoms with Gasteiger partial charge in [0.15, 0.2) is 0 Å². The van der Waals surface area contributed by atoms with Crippen LogP contribution in [-0.2, 0) is 9.59 Å². The van der Waals surface area contributed by atoms with Crippen LogP contribution in [0.4, 0.5) is 5.69 Å². The van der Waals surface area contributed by atoms with Gasteiger partial charge in [0.1, 0.15) is 0 Å². The van der Waals surface area contributed by atoms with Crippen LogP contribution in [0.1, 0.15) is 32.3 Å². The maximum atomic E-state index is 11.5. The molecule has 4 nitrogen and oxygen atoms in total. The maximum absolute atomic E-state index is 11.5. The number of amides is 1. The topological polar surface area (TPSA) is 66.4 Å². The zero-order valence-corrected chi connectivity index (χ0v) is 10.7. The third kappa shape index (κ3) is 4.05. The average Bonchev–Trinajstić information content (AvgIpc) is 2.29. The Morgan fingerprint density at radius 1 is 1.22 bits per heavy atom. The van der Waals surface area contributed by atoms with E-state index in [1.54, 1.807) is 12.1 Å². The summed E-state index contributed by atoms with van der Waals surface area (Å²) in [6, 6.07) is 7.48. The summed E-state index contributed by atoms with van der Waals surface area (Å²) in [4.78, 5) is 22.1. The Bertz CT molecular complexity index is 472. The van der Waals surface area contributed by atoms with Crippen molar-refractivity contribution in [3.8, 4) is 0 Å². The third-order valence-corrected chi connectivity index (χ3v) is 2.53. The average molecular weight is 247 g/mol. The summed E-state index contributed by atoms with van der Waals surface area (Å²) in [5.41, 5.74) is 1.84. The van der Waals surface area contributed by atoms with E-state index in [9.17, 15) is 9.59 Å². The van der Waals surface area contributed by atoms with E-state index in [4.69, 9.17) is 5.11 Å². The first-order valence-corrected chi connectivity index (χ1v) is 5.72. The van der Waals surface area contributed by atoms with Crippen LogP contribution in [0.25, 0.3) is 0 Å². The molecule has 0 bridgehead atoms. The number of nitrogens with one attached hydrogen (secondary N) is 1. The summed E-state index contributed by atoms with van der Waals surface area (Å²) in [7, 11) is 0. The highest BCUT2D eigenvalue weighted by Gasteiger charge is 2.05. The SMILES string of the molecule is C/C(=C\C(=O)Nc1ccc(C(C)C)cc1)C(=O)O. The third-order valence-electron chi connectivity index (χ3n) is 2.53. The van der Waals surface area contributed by atoms with Gasteiger partial charge in [-0.3, -0.25) is 4.79 Å². The summed E-state index contributed by atoms with van der Waals surface area (Å²) in [6.45, 7) is 5.56. The number of anilines is 1. The van der Waals surface area contributed by atoms with Gasteiger partial charge in [-0.25, -0.2) is 4.79 Å². The van der Waals surface area contributed by atoms with Crippen molar-refractivity contribution in [2.75, 3.05) is 5.32 Å². The van der Waals surface area contributed by atoms with E-state index in [2.05, 4.69) is 19.2 Å². The van der Waals surface area contributed by atoms with Gasteiger partial charge in [0.2, 0.25) is 5.91 Å². The molecule has 2 N–H and O–H groups in total. The Labute approximate surface area is 106 Å². The molecule has 0 aromatic heterocycles. The molecule has 0 spiro atoms. The minimum atomic E-state index is -1.10. The molecule has 1 aromatic carbocycles. The molecule has 18 heavy (non-hydrogen) atoms. The van der Waals surface area contributed by atoms with Crippen LogP contribution in [0.3, 0.4) is 0 Å². The van der Waals surface area contributed by atoms with Gasteiger partial charge in [-0.15, -0.1) is 0 Å². The van der Waals surface area contributed by atoms with Crippen LogP contribution >= 0.6 is 0 Å². The lowest BCUT2D eigenvalue weighted by atomic mass is 10.0. The van der Waals surface area contributed by atoms with Gasteiger partial charge < -0.3 is 10.4 Å². The minimum Gasteiger partial charge on any atom is -0.478 e. The number of aliphatic carboxylic acids is 1. The standard InChI is InChI=1S/C14H17NO3/c1-9(2)11-4-6-12(7-5-11)15-13(16)8-10(3)14(17)18/h4-9H,1-3H3,(H,15,16)(H,17,18)/b10-8+. The first-order chi connectivity index (χ1) is 8.40. The summed E-state index contributed by atoms with van der Waals surface area (Å²) in [6.07, 6.45) is 1.07. The van der Waals surface area contributed by atoms with Crippen molar-refractivity contribution in [3.63, 3.8) is 0 Å². The molecule has 96 valence electrons.